The molecule has 2 rings (SSSR count). The Balaban J connectivity index is 1.96. The number of ether oxygens (including phenoxy) is 1. The number of amides is 1. The molecule has 1 amide bonds. The summed E-state index contributed by atoms with van der Waals surface area (Å²) in [6, 6.07) is 8.08. The lowest BCUT2D eigenvalue weighted by Gasteiger charge is -2.26. The lowest BCUT2D eigenvalue weighted by Crippen LogP contribution is -2.41. The van der Waals surface area contributed by atoms with Crippen molar-refractivity contribution < 1.29 is 9.53 Å². The van der Waals surface area contributed by atoms with E-state index >= 15 is 0 Å². The van der Waals surface area contributed by atoms with Crippen LogP contribution in [-0.4, -0.2) is 43.7 Å². The van der Waals surface area contributed by atoms with Gasteiger partial charge in [0.1, 0.15) is 0 Å². The highest BCUT2D eigenvalue weighted by Gasteiger charge is 2.16. The van der Waals surface area contributed by atoms with Gasteiger partial charge in [-0.1, -0.05) is 32.0 Å². The summed E-state index contributed by atoms with van der Waals surface area (Å²) in [5, 5.41) is 3.05. The molecule has 0 saturated carbocycles. The molecular formula is C16H24N2O2. The summed E-state index contributed by atoms with van der Waals surface area (Å²) < 4.78 is 5.29. The second-order valence-electron chi connectivity index (χ2n) is 5.33. The van der Waals surface area contributed by atoms with E-state index in [1.54, 1.807) is 0 Å². The fourth-order valence-electron chi connectivity index (χ4n) is 2.41. The van der Waals surface area contributed by atoms with Gasteiger partial charge in [0.15, 0.2) is 0 Å². The molecule has 1 aliphatic rings. The van der Waals surface area contributed by atoms with Crippen molar-refractivity contribution >= 4 is 11.6 Å². The average Bonchev–Trinajstić information content (AvgIpc) is 2.48. The number of nitrogens with zero attached hydrogens (tertiary/aromatic N) is 1. The van der Waals surface area contributed by atoms with E-state index < -0.39 is 0 Å². The van der Waals surface area contributed by atoms with Gasteiger partial charge in [0.25, 0.3) is 0 Å². The van der Waals surface area contributed by atoms with Crippen LogP contribution in [0.15, 0.2) is 24.3 Å². The first-order chi connectivity index (χ1) is 9.70. The standard InChI is InChI=1S/C16H24N2O2/c1-3-13(2)14-6-4-5-7-15(14)17-16(19)12-18-8-10-20-11-9-18/h4-7,13H,3,8-12H2,1-2H3,(H,17,19)/t13-/m1/s1. The van der Waals surface area contributed by atoms with Crippen molar-refractivity contribution in [2.24, 2.45) is 0 Å². The third-order valence-electron chi connectivity index (χ3n) is 3.85. The number of carbonyl (C=O) groups excluding carboxylic acids is 1. The maximum absolute atomic E-state index is 12.2. The summed E-state index contributed by atoms with van der Waals surface area (Å²) in [4.78, 5) is 14.3. The minimum absolute atomic E-state index is 0.0580. The normalized spacial score (nSPS) is 17.7. The SMILES string of the molecule is CC[C@@H](C)c1ccccc1NC(=O)CN1CCOCC1. The van der Waals surface area contributed by atoms with Gasteiger partial charge in [-0.15, -0.1) is 0 Å². The van der Waals surface area contributed by atoms with E-state index in [-0.39, 0.29) is 5.91 Å². The van der Waals surface area contributed by atoms with Gasteiger partial charge in [-0.25, -0.2) is 0 Å². The molecule has 0 spiro atoms. The molecule has 1 aromatic carbocycles. The minimum atomic E-state index is 0.0580. The highest BCUT2D eigenvalue weighted by Crippen LogP contribution is 2.26. The Morgan fingerprint density at radius 3 is 2.75 bits per heavy atom. The van der Waals surface area contributed by atoms with Crippen molar-refractivity contribution in [2.45, 2.75) is 26.2 Å². The van der Waals surface area contributed by atoms with E-state index in [9.17, 15) is 4.79 Å². The van der Waals surface area contributed by atoms with Crippen LogP contribution in [0, 0.1) is 0 Å². The molecule has 0 aliphatic carbocycles. The van der Waals surface area contributed by atoms with Crippen molar-refractivity contribution in [1.82, 2.24) is 4.90 Å². The monoisotopic (exact) mass is 276 g/mol. The number of rotatable bonds is 5. The van der Waals surface area contributed by atoms with E-state index in [0.29, 0.717) is 12.5 Å². The number of para-hydroxylation sites is 1. The van der Waals surface area contributed by atoms with Crippen molar-refractivity contribution in [3.05, 3.63) is 29.8 Å². The molecule has 1 aliphatic heterocycles. The Labute approximate surface area is 121 Å². The molecule has 1 N–H and O–H groups in total. The molecule has 4 heteroatoms. The van der Waals surface area contributed by atoms with E-state index in [2.05, 4.69) is 30.1 Å². The molecule has 0 bridgehead atoms. The number of hydrogen-bond acceptors (Lipinski definition) is 3. The van der Waals surface area contributed by atoms with Crippen LogP contribution in [0.2, 0.25) is 0 Å². The minimum Gasteiger partial charge on any atom is -0.379 e. The van der Waals surface area contributed by atoms with E-state index in [1.807, 2.05) is 18.2 Å². The lowest BCUT2D eigenvalue weighted by atomic mass is 9.97. The second-order valence-corrected chi connectivity index (χ2v) is 5.33. The number of morpholine rings is 1. The Morgan fingerprint density at radius 1 is 1.35 bits per heavy atom. The lowest BCUT2D eigenvalue weighted by molar-refractivity contribution is -0.118. The van der Waals surface area contributed by atoms with Gasteiger partial charge >= 0.3 is 0 Å². The summed E-state index contributed by atoms with van der Waals surface area (Å²) in [6.07, 6.45) is 1.07. The Morgan fingerprint density at radius 2 is 2.05 bits per heavy atom. The third kappa shape index (κ3) is 4.05. The quantitative estimate of drug-likeness (QED) is 0.898. The summed E-state index contributed by atoms with van der Waals surface area (Å²) in [5.74, 6) is 0.512. The predicted molar refractivity (Wildman–Crippen MR) is 81.0 cm³/mol. The summed E-state index contributed by atoms with van der Waals surface area (Å²) in [5.41, 5.74) is 2.16. The van der Waals surface area contributed by atoms with Gasteiger partial charge in [-0.05, 0) is 24.0 Å². The number of nitrogens with one attached hydrogen (secondary N) is 1. The first-order valence-electron chi connectivity index (χ1n) is 7.39. The van der Waals surface area contributed by atoms with Crippen molar-refractivity contribution in [3.8, 4) is 0 Å². The largest absolute Gasteiger partial charge is 0.379 e. The molecule has 1 fully saturated rings. The fourth-order valence-corrected chi connectivity index (χ4v) is 2.41. The highest BCUT2D eigenvalue weighted by atomic mass is 16.5. The zero-order valence-electron chi connectivity index (χ0n) is 12.4. The third-order valence-corrected chi connectivity index (χ3v) is 3.85. The molecule has 0 radical (unpaired) electrons. The van der Waals surface area contributed by atoms with Gasteiger partial charge < -0.3 is 10.1 Å². The fraction of sp³-hybridized carbons (Fsp3) is 0.562. The van der Waals surface area contributed by atoms with Crippen LogP contribution in [0.1, 0.15) is 31.7 Å². The van der Waals surface area contributed by atoms with Gasteiger partial charge in [0.05, 0.1) is 19.8 Å². The van der Waals surface area contributed by atoms with Gasteiger partial charge in [-0.2, -0.15) is 0 Å². The van der Waals surface area contributed by atoms with Gasteiger partial charge in [0, 0.05) is 18.8 Å². The molecule has 4 nitrogen and oxygen atoms in total. The summed E-state index contributed by atoms with van der Waals surface area (Å²) in [6.45, 7) is 7.90. The van der Waals surface area contributed by atoms with Crippen LogP contribution in [0.4, 0.5) is 5.69 Å². The topological polar surface area (TPSA) is 41.6 Å². The smallest absolute Gasteiger partial charge is 0.238 e. The van der Waals surface area contributed by atoms with E-state index in [0.717, 1.165) is 38.4 Å². The number of anilines is 1. The number of benzene rings is 1. The van der Waals surface area contributed by atoms with Crippen molar-refractivity contribution in [3.63, 3.8) is 0 Å². The molecule has 1 saturated heterocycles. The number of hydrogen-bond donors (Lipinski definition) is 1. The molecule has 0 aromatic heterocycles. The molecule has 1 heterocycles. The average molecular weight is 276 g/mol. The first kappa shape index (κ1) is 15.0. The van der Waals surface area contributed by atoms with Crippen LogP contribution < -0.4 is 5.32 Å². The first-order valence-corrected chi connectivity index (χ1v) is 7.39. The van der Waals surface area contributed by atoms with Crippen LogP contribution in [-0.2, 0) is 9.53 Å². The van der Waals surface area contributed by atoms with Crippen LogP contribution in [0.25, 0.3) is 0 Å². The Kier molecular flexibility index (Phi) is 5.56. The molecule has 1 aromatic rings. The highest BCUT2D eigenvalue weighted by molar-refractivity contribution is 5.93. The van der Waals surface area contributed by atoms with Crippen molar-refractivity contribution in [1.29, 1.82) is 0 Å². The molecule has 1 atom stereocenters. The Bertz CT molecular complexity index is 442. The summed E-state index contributed by atoms with van der Waals surface area (Å²) >= 11 is 0. The van der Waals surface area contributed by atoms with Gasteiger partial charge in [0.2, 0.25) is 5.91 Å². The van der Waals surface area contributed by atoms with E-state index in [4.69, 9.17) is 4.74 Å². The second kappa shape index (κ2) is 7.41. The zero-order chi connectivity index (χ0) is 14.4. The molecule has 0 unspecified atom stereocenters. The van der Waals surface area contributed by atoms with Crippen LogP contribution in [0.5, 0.6) is 0 Å². The predicted octanol–water partition coefficient (Wildman–Crippen LogP) is 2.47. The maximum atomic E-state index is 12.2. The number of carbonyl (C=O) groups is 1. The van der Waals surface area contributed by atoms with Crippen LogP contribution in [0.3, 0.4) is 0 Å². The Hall–Kier alpha value is -1.39. The maximum Gasteiger partial charge on any atom is 0.238 e. The van der Waals surface area contributed by atoms with E-state index in [1.165, 1.54) is 5.56 Å². The summed E-state index contributed by atoms with van der Waals surface area (Å²) in [7, 11) is 0. The van der Waals surface area contributed by atoms with Crippen molar-refractivity contribution in [2.75, 3.05) is 38.2 Å². The molecule has 20 heavy (non-hydrogen) atoms. The molecular weight excluding hydrogens is 252 g/mol. The molecule has 110 valence electrons. The van der Waals surface area contributed by atoms with Gasteiger partial charge in [-0.3, -0.25) is 9.69 Å². The van der Waals surface area contributed by atoms with Crippen LogP contribution >= 0.6 is 0 Å². The zero-order valence-corrected chi connectivity index (χ0v) is 12.4.